The molecule has 148 valence electrons. The zero-order valence-corrected chi connectivity index (χ0v) is 16.7. The van der Waals surface area contributed by atoms with Crippen LogP contribution < -0.4 is 10.4 Å². The van der Waals surface area contributed by atoms with E-state index in [9.17, 15) is 9.59 Å². The third kappa shape index (κ3) is 4.38. The highest BCUT2D eigenvalue weighted by molar-refractivity contribution is 7.09. The van der Waals surface area contributed by atoms with Crippen LogP contribution >= 0.6 is 11.3 Å². The zero-order valence-electron chi connectivity index (χ0n) is 15.9. The van der Waals surface area contributed by atoms with Gasteiger partial charge < -0.3 is 9.32 Å². The predicted octanol–water partition coefficient (Wildman–Crippen LogP) is 3.13. The molecule has 0 saturated heterocycles. The van der Waals surface area contributed by atoms with Crippen molar-refractivity contribution in [3.63, 3.8) is 0 Å². The van der Waals surface area contributed by atoms with Gasteiger partial charge in [-0.2, -0.15) is 0 Å². The Labute approximate surface area is 172 Å². The summed E-state index contributed by atoms with van der Waals surface area (Å²) in [6.45, 7) is 2.62. The van der Waals surface area contributed by atoms with Crippen LogP contribution in [-0.4, -0.2) is 29.1 Å². The van der Waals surface area contributed by atoms with Crippen molar-refractivity contribution in [1.29, 1.82) is 0 Å². The maximum atomic E-state index is 13.2. The van der Waals surface area contributed by atoms with E-state index in [1.807, 2.05) is 54.8 Å². The van der Waals surface area contributed by atoms with E-state index in [1.165, 1.54) is 5.01 Å². The number of furan rings is 1. The first kappa shape index (κ1) is 18.9. The van der Waals surface area contributed by atoms with Gasteiger partial charge in [-0.05, 0) is 42.6 Å². The molecule has 3 heterocycles. The quantitative estimate of drug-likeness (QED) is 0.680. The van der Waals surface area contributed by atoms with Crippen LogP contribution in [0.3, 0.4) is 0 Å². The van der Waals surface area contributed by atoms with E-state index in [0.29, 0.717) is 24.5 Å². The molecule has 0 fully saturated rings. The lowest BCUT2D eigenvalue weighted by Gasteiger charge is -2.30. The number of benzene rings is 1. The third-order valence-corrected chi connectivity index (χ3v) is 5.34. The average molecular weight is 408 g/mol. The highest BCUT2D eigenvalue weighted by Gasteiger charge is 2.29. The van der Waals surface area contributed by atoms with Gasteiger partial charge in [0, 0.05) is 4.88 Å². The minimum atomic E-state index is -0.292. The van der Waals surface area contributed by atoms with Crippen molar-refractivity contribution in [2.75, 3.05) is 11.6 Å². The topological polar surface area (TPSA) is 78.2 Å². The maximum Gasteiger partial charge on any atom is 0.291 e. The number of amidine groups is 1. The predicted molar refractivity (Wildman–Crippen MR) is 111 cm³/mol. The standard InChI is InChI=1S/C21H20N4O3S/c1-15-6-8-16(9-7-15)25-19(26)12-22-20(23-25)21(27)24(13-17-4-2-10-28-17)14-18-5-3-11-29-18/h2-11H,12-14H2,1H3,(H,22,23). The highest BCUT2D eigenvalue weighted by Crippen LogP contribution is 2.18. The van der Waals surface area contributed by atoms with E-state index in [4.69, 9.17) is 4.42 Å². The van der Waals surface area contributed by atoms with E-state index in [-0.39, 0.29) is 24.2 Å². The molecule has 7 nitrogen and oxygen atoms in total. The molecule has 2 aromatic heterocycles. The average Bonchev–Trinajstić information content (AvgIpc) is 3.42. The first-order chi connectivity index (χ1) is 14.1. The number of hydrazine groups is 1. The van der Waals surface area contributed by atoms with Crippen molar-refractivity contribution in [1.82, 2.24) is 10.3 Å². The molecule has 0 atom stereocenters. The summed E-state index contributed by atoms with van der Waals surface area (Å²) in [7, 11) is 0. The van der Waals surface area contributed by atoms with Crippen molar-refractivity contribution in [2.24, 2.45) is 4.99 Å². The molecule has 4 rings (SSSR count). The SMILES string of the molecule is Cc1ccc(N2NC(C(=O)N(Cc3ccco3)Cc3cccs3)=NCC2=O)cc1. The van der Waals surface area contributed by atoms with Crippen LogP contribution in [0.4, 0.5) is 5.69 Å². The molecule has 29 heavy (non-hydrogen) atoms. The minimum absolute atomic E-state index is 0.0878. The number of nitrogens with zero attached hydrogens (tertiary/aromatic N) is 3. The smallest absolute Gasteiger partial charge is 0.291 e. The van der Waals surface area contributed by atoms with Crippen molar-refractivity contribution >= 4 is 34.7 Å². The normalized spacial score (nSPS) is 13.8. The summed E-state index contributed by atoms with van der Waals surface area (Å²) in [5.74, 6) is 0.298. The molecule has 1 aliphatic rings. The van der Waals surface area contributed by atoms with Crippen LogP contribution in [0, 0.1) is 6.92 Å². The molecule has 0 spiro atoms. The fourth-order valence-corrected chi connectivity index (χ4v) is 3.69. The molecule has 1 N–H and O–H groups in total. The Balaban J connectivity index is 1.55. The van der Waals surface area contributed by atoms with Gasteiger partial charge >= 0.3 is 0 Å². The zero-order chi connectivity index (χ0) is 20.2. The van der Waals surface area contributed by atoms with E-state index < -0.39 is 0 Å². The molecule has 8 heteroatoms. The summed E-state index contributed by atoms with van der Waals surface area (Å²) in [5.41, 5.74) is 4.64. The van der Waals surface area contributed by atoms with E-state index in [0.717, 1.165) is 10.4 Å². The van der Waals surface area contributed by atoms with Gasteiger partial charge in [0.2, 0.25) is 5.84 Å². The molecule has 1 aromatic carbocycles. The van der Waals surface area contributed by atoms with Crippen LogP contribution in [0.1, 0.15) is 16.2 Å². The van der Waals surface area contributed by atoms with Gasteiger partial charge in [0.15, 0.2) is 0 Å². The number of carbonyl (C=O) groups is 2. The van der Waals surface area contributed by atoms with Crippen molar-refractivity contribution < 1.29 is 14.0 Å². The number of thiophene rings is 1. The van der Waals surface area contributed by atoms with E-state index in [2.05, 4.69) is 10.4 Å². The lowest BCUT2D eigenvalue weighted by Crippen LogP contribution is -2.56. The van der Waals surface area contributed by atoms with Gasteiger partial charge in [0.1, 0.15) is 12.3 Å². The summed E-state index contributed by atoms with van der Waals surface area (Å²) in [6.07, 6.45) is 1.58. The van der Waals surface area contributed by atoms with Gasteiger partial charge in [-0.1, -0.05) is 23.8 Å². The number of hydrogen-bond donors (Lipinski definition) is 1. The summed E-state index contributed by atoms with van der Waals surface area (Å²) in [5, 5.41) is 3.34. The summed E-state index contributed by atoms with van der Waals surface area (Å²) >= 11 is 1.58. The second-order valence-electron chi connectivity index (χ2n) is 6.66. The molecular formula is C21H20N4O3S. The number of carbonyl (C=O) groups excluding carboxylic acids is 2. The van der Waals surface area contributed by atoms with Gasteiger partial charge in [0.25, 0.3) is 11.8 Å². The Kier molecular flexibility index (Phi) is 5.44. The van der Waals surface area contributed by atoms with Crippen LogP contribution in [0.5, 0.6) is 0 Å². The van der Waals surface area contributed by atoms with E-state index >= 15 is 0 Å². The Morgan fingerprint density at radius 1 is 1.21 bits per heavy atom. The first-order valence-electron chi connectivity index (χ1n) is 9.15. The Hall–Kier alpha value is -3.39. The molecular weight excluding hydrogens is 388 g/mol. The Morgan fingerprint density at radius 2 is 2.03 bits per heavy atom. The monoisotopic (exact) mass is 408 g/mol. The van der Waals surface area contributed by atoms with Crippen molar-refractivity contribution in [2.45, 2.75) is 20.0 Å². The summed E-state index contributed by atoms with van der Waals surface area (Å²) < 4.78 is 5.42. The van der Waals surface area contributed by atoms with Crippen LogP contribution in [0.25, 0.3) is 0 Å². The minimum Gasteiger partial charge on any atom is -0.467 e. The molecule has 2 amide bonds. The van der Waals surface area contributed by atoms with E-state index in [1.54, 1.807) is 28.6 Å². The van der Waals surface area contributed by atoms with Crippen molar-refractivity contribution in [3.05, 3.63) is 76.4 Å². The summed E-state index contributed by atoms with van der Waals surface area (Å²) in [6, 6.07) is 15.0. The Morgan fingerprint density at radius 3 is 2.72 bits per heavy atom. The highest BCUT2D eigenvalue weighted by atomic mass is 32.1. The van der Waals surface area contributed by atoms with Gasteiger partial charge in [0.05, 0.1) is 25.0 Å². The van der Waals surface area contributed by atoms with Gasteiger partial charge in [-0.3, -0.25) is 20.0 Å². The third-order valence-electron chi connectivity index (χ3n) is 4.48. The molecule has 0 radical (unpaired) electrons. The fourth-order valence-electron chi connectivity index (χ4n) is 2.97. The molecule has 0 unspecified atom stereocenters. The molecule has 0 bridgehead atoms. The van der Waals surface area contributed by atoms with Crippen LogP contribution in [-0.2, 0) is 22.7 Å². The first-order valence-corrected chi connectivity index (χ1v) is 10.0. The van der Waals surface area contributed by atoms with Gasteiger partial charge in [-0.25, -0.2) is 5.01 Å². The molecule has 1 aliphatic heterocycles. The summed E-state index contributed by atoms with van der Waals surface area (Å²) in [4.78, 5) is 32.5. The number of amides is 2. The molecule has 0 aliphatic carbocycles. The maximum absolute atomic E-state index is 13.2. The number of aliphatic imine (C=N–C) groups is 1. The van der Waals surface area contributed by atoms with Crippen molar-refractivity contribution in [3.8, 4) is 0 Å². The number of anilines is 1. The van der Waals surface area contributed by atoms with Crippen LogP contribution in [0.2, 0.25) is 0 Å². The number of nitrogens with one attached hydrogen (secondary N) is 1. The second kappa shape index (κ2) is 8.32. The molecule has 3 aromatic rings. The number of rotatable bonds is 6. The van der Waals surface area contributed by atoms with Crippen LogP contribution in [0.15, 0.2) is 69.6 Å². The Bertz CT molecular complexity index is 975. The number of hydrogen-bond acceptors (Lipinski definition) is 6. The number of aryl methyl sites for hydroxylation is 1. The molecule has 0 saturated carbocycles. The lowest BCUT2D eigenvalue weighted by atomic mass is 10.2. The fraction of sp³-hybridized carbons (Fsp3) is 0.190. The lowest BCUT2D eigenvalue weighted by molar-refractivity contribution is -0.125. The largest absolute Gasteiger partial charge is 0.467 e. The second-order valence-corrected chi connectivity index (χ2v) is 7.69. The van der Waals surface area contributed by atoms with Gasteiger partial charge in [-0.15, -0.1) is 11.3 Å².